The summed E-state index contributed by atoms with van der Waals surface area (Å²) in [5.74, 6) is -0.394. The molecule has 2 aromatic rings. The molecule has 1 aliphatic heterocycles. The number of alkyl carbamates (subject to hydrolysis) is 1. The molecule has 1 aliphatic rings. The molecule has 1 aromatic carbocycles. The second kappa shape index (κ2) is 13.9. The number of amides is 4. The molecule has 0 radical (unpaired) electrons. The minimum atomic E-state index is -0.872. The molecule has 11 heteroatoms. The molecule has 11 nitrogen and oxygen atoms in total. The summed E-state index contributed by atoms with van der Waals surface area (Å²) in [5.41, 5.74) is 1.03. The molecule has 3 atom stereocenters. The summed E-state index contributed by atoms with van der Waals surface area (Å²) in [7, 11) is 1.56. The van der Waals surface area contributed by atoms with Crippen LogP contribution in [0.3, 0.4) is 0 Å². The van der Waals surface area contributed by atoms with Crippen LogP contribution in [-0.2, 0) is 14.3 Å². The summed E-state index contributed by atoms with van der Waals surface area (Å²) < 4.78 is 10.9. The maximum Gasteiger partial charge on any atom is 0.412 e. The zero-order chi connectivity index (χ0) is 29.4. The quantitative estimate of drug-likeness (QED) is 0.253. The molecular formula is C29H41N5O6. The lowest BCUT2D eigenvalue weighted by Gasteiger charge is -2.27. The van der Waals surface area contributed by atoms with E-state index in [0.717, 1.165) is 10.9 Å². The van der Waals surface area contributed by atoms with E-state index in [0.29, 0.717) is 30.8 Å². The van der Waals surface area contributed by atoms with Crippen LogP contribution in [0.25, 0.3) is 10.9 Å². The van der Waals surface area contributed by atoms with Crippen LogP contribution in [0.5, 0.6) is 5.75 Å². The Balaban J connectivity index is 1.82. The van der Waals surface area contributed by atoms with Crippen molar-refractivity contribution in [2.45, 2.75) is 72.0 Å². The monoisotopic (exact) mass is 555 g/mol. The van der Waals surface area contributed by atoms with E-state index in [-0.39, 0.29) is 36.0 Å². The Labute approximate surface area is 234 Å². The molecule has 0 aliphatic carbocycles. The minimum absolute atomic E-state index is 0.0900. The maximum atomic E-state index is 13.6. The third kappa shape index (κ3) is 8.00. The highest BCUT2D eigenvalue weighted by Crippen LogP contribution is 2.26. The van der Waals surface area contributed by atoms with Gasteiger partial charge in [-0.05, 0) is 70.2 Å². The number of hydrogen-bond acceptors (Lipinski definition) is 6. The van der Waals surface area contributed by atoms with Gasteiger partial charge in [0.05, 0.1) is 13.2 Å². The molecule has 218 valence electrons. The first-order valence-corrected chi connectivity index (χ1v) is 13.7. The number of aromatic amines is 1. The van der Waals surface area contributed by atoms with Crippen molar-refractivity contribution in [2.24, 2.45) is 11.8 Å². The van der Waals surface area contributed by atoms with Gasteiger partial charge in [0, 0.05) is 29.4 Å². The molecule has 1 saturated heterocycles. The van der Waals surface area contributed by atoms with Crippen LogP contribution in [0.4, 0.5) is 4.79 Å². The highest BCUT2D eigenvalue weighted by Gasteiger charge is 2.33. The lowest BCUT2D eigenvalue weighted by Crippen LogP contribution is -2.51. The van der Waals surface area contributed by atoms with Crippen molar-refractivity contribution in [3.8, 4) is 5.75 Å². The molecule has 1 aromatic heterocycles. The van der Waals surface area contributed by atoms with Gasteiger partial charge in [0.25, 0.3) is 5.91 Å². The van der Waals surface area contributed by atoms with Crippen molar-refractivity contribution in [3.05, 3.63) is 41.8 Å². The Hall–Kier alpha value is -4.02. The predicted octanol–water partition coefficient (Wildman–Crippen LogP) is 3.37. The summed E-state index contributed by atoms with van der Waals surface area (Å²) in [5, 5.41) is 12.0. The number of carbonyl (C=O) groups excluding carboxylic acids is 4. The molecule has 0 bridgehead atoms. The van der Waals surface area contributed by atoms with E-state index >= 15 is 0 Å². The van der Waals surface area contributed by atoms with Gasteiger partial charge in [-0.15, -0.1) is 0 Å². The van der Waals surface area contributed by atoms with E-state index in [4.69, 9.17) is 9.47 Å². The average molecular weight is 556 g/mol. The smallest absolute Gasteiger partial charge is 0.412 e. The van der Waals surface area contributed by atoms with Crippen LogP contribution < -0.4 is 26.0 Å². The zero-order valence-electron chi connectivity index (χ0n) is 24.1. The van der Waals surface area contributed by atoms with Gasteiger partial charge in [-0.1, -0.05) is 19.9 Å². The third-order valence-corrected chi connectivity index (χ3v) is 6.66. The fraction of sp³-hybridized carbons (Fsp3) is 0.517. The largest absolute Gasteiger partial charge is 0.496 e. The first-order valence-electron chi connectivity index (χ1n) is 13.7. The molecule has 1 fully saturated rings. The lowest BCUT2D eigenvalue weighted by molar-refractivity contribution is -0.125. The Morgan fingerprint density at radius 2 is 1.85 bits per heavy atom. The Morgan fingerprint density at radius 3 is 2.45 bits per heavy atom. The number of aromatic nitrogens is 1. The summed E-state index contributed by atoms with van der Waals surface area (Å²) >= 11 is 0. The fourth-order valence-corrected chi connectivity index (χ4v) is 4.74. The molecule has 3 rings (SSSR count). The number of hydrogen-bond donors (Lipinski definition) is 5. The highest BCUT2D eigenvalue weighted by molar-refractivity contribution is 6.01. The van der Waals surface area contributed by atoms with Crippen LogP contribution >= 0.6 is 0 Å². The number of ether oxygens (including phenoxy) is 2. The van der Waals surface area contributed by atoms with E-state index < -0.39 is 30.0 Å². The van der Waals surface area contributed by atoms with Gasteiger partial charge in [0.1, 0.15) is 23.2 Å². The number of benzene rings is 1. The molecule has 0 unspecified atom stereocenters. The van der Waals surface area contributed by atoms with Crippen LogP contribution in [0, 0.1) is 11.8 Å². The number of H-pyrrole nitrogens is 1. The van der Waals surface area contributed by atoms with Gasteiger partial charge in [0.15, 0.2) is 0 Å². The molecular weight excluding hydrogens is 514 g/mol. The van der Waals surface area contributed by atoms with Crippen molar-refractivity contribution in [1.82, 2.24) is 26.3 Å². The zero-order valence-corrected chi connectivity index (χ0v) is 24.1. The van der Waals surface area contributed by atoms with Crippen molar-refractivity contribution >= 4 is 34.7 Å². The Morgan fingerprint density at radius 1 is 1.10 bits per heavy atom. The maximum absolute atomic E-state index is 13.6. The van der Waals surface area contributed by atoms with Crippen molar-refractivity contribution in [2.75, 3.05) is 13.7 Å². The van der Waals surface area contributed by atoms with E-state index in [1.807, 2.05) is 26.0 Å². The summed E-state index contributed by atoms with van der Waals surface area (Å²) in [6, 6.07) is 5.38. The normalized spacial score (nSPS) is 16.9. The molecule has 0 spiro atoms. The Kier molecular flexibility index (Phi) is 10.6. The minimum Gasteiger partial charge on any atom is -0.496 e. The van der Waals surface area contributed by atoms with Gasteiger partial charge >= 0.3 is 6.09 Å². The van der Waals surface area contributed by atoms with Gasteiger partial charge in [-0.25, -0.2) is 4.79 Å². The van der Waals surface area contributed by atoms with Crippen molar-refractivity contribution in [3.63, 3.8) is 0 Å². The highest BCUT2D eigenvalue weighted by atomic mass is 16.6. The van der Waals surface area contributed by atoms with E-state index in [9.17, 15) is 19.2 Å². The number of carbonyl (C=O) groups is 4. The molecule has 5 N–H and O–H groups in total. The first kappa shape index (κ1) is 30.5. The van der Waals surface area contributed by atoms with Gasteiger partial charge in [0.2, 0.25) is 11.8 Å². The SMILES string of the molecule is C/C=C(\OC(=O)NC(C)C)[C@H](C[C@@H]1CCNC1=O)NC(=O)[C@H](CC(C)C)NC(=O)c1cc2c(OC)cccc2[nH]1. The van der Waals surface area contributed by atoms with Gasteiger partial charge < -0.3 is 35.7 Å². The topological polar surface area (TPSA) is 151 Å². The van der Waals surface area contributed by atoms with E-state index in [1.165, 1.54) is 0 Å². The average Bonchev–Trinajstić information content (AvgIpc) is 3.51. The van der Waals surface area contributed by atoms with Gasteiger partial charge in [-0.2, -0.15) is 0 Å². The summed E-state index contributed by atoms with van der Waals surface area (Å²) in [6.45, 7) is 9.77. The number of methoxy groups -OCH3 is 1. The first-order chi connectivity index (χ1) is 19.0. The Bertz CT molecular complexity index is 1250. The summed E-state index contributed by atoms with van der Waals surface area (Å²) in [4.78, 5) is 54.7. The fourth-order valence-electron chi connectivity index (χ4n) is 4.74. The van der Waals surface area contributed by atoms with E-state index in [2.05, 4.69) is 26.3 Å². The van der Waals surface area contributed by atoms with E-state index in [1.54, 1.807) is 46.1 Å². The molecule has 4 amide bonds. The van der Waals surface area contributed by atoms with Crippen LogP contribution in [0.2, 0.25) is 0 Å². The molecule has 40 heavy (non-hydrogen) atoms. The number of nitrogens with one attached hydrogen (secondary N) is 5. The van der Waals surface area contributed by atoms with Gasteiger partial charge in [-0.3, -0.25) is 14.4 Å². The predicted molar refractivity (Wildman–Crippen MR) is 152 cm³/mol. The molecule has 2 heterocycles. The van der Waals surface area contributed by atoms with Crippen molar-refractivity contribution < 1.29 is 28.7 Å². The van der Waals surface area contributed by atoms with Crippen LogP contribution in [-0.4, -0.2) is 60.6 Å². The summed E-state index contributed by atoms with van der Waals surface area (Å²) in [6.07, 6.45) is 2.18. The molecule has 0 saturated carbocycles. The van der Waals surface area contributed by atoms with Crippen molar-refractivity contribution in [1.29, 1.82) is 0 Å². The second-order valence-electron chi connectivity index (χ2n) is 10.7. The van der Waals surface area contributed by atoms with Crippen LogP contribution in [0.15, 0.2) is 36.1 Å². The van der Waals surface area contributed by atoms with Crippen LogP contribution in [0.1, 0.15) is 64.4 Å². The second-order valence-corrected chi connectivity index (χ2v) is 10.7. The third-order valence-electron chi connectivity index (χ3n) is 6.66. The lowest BCUT2D eigenvalue weighted by atomic mass is 9.96. The standard InChI is InChI=1S/C29H41N5O6/c1-7-24(40-29(38)31-17(4)5)21(14-18-11-12-30-26(18)35)33-27(36)22(13-16(2)3)34-28(37)23-15-19-20(32-23)9-8-10-25(19)39-6/h7-10,15-18,21-22,32H,11-14H2,1-6H3,(H,30,35)(H,31,38)(H,33,36)(H,34,37)/b24-7-/t18-,21-,22-/m0/s1. The number of allylic oxidation sites excluding steroid dienone is 1. The number of fused-ring (bicyclic) bond motifs is 1. The number of rotatable bonds is 12.